The van der Waals surface area contributed by atoms with Gasteiger partial charge in [-0.3, -0.25) is 0 Å². The van der Waals surface area contributed by atoms with Gasteiger partial charge in [0.15, 0.2) is 11.6 Å². The summed E-state index contributed by atoms with van der Waals surface area (Å²) in [4.78, 5) is 0. The zero-order chi connectivity index (χ0) is 14.4. The monoisotopic (exact) mass is 266 g/mol. The van der Waals surface area contributed by atoms with Crippen LogP contribution in [0, 0.1) is 12.7 Å². The van der Waals surface area contributed by atoms with E-state index in [0.29, 0.717) is 5.46 Å². The molecule has 19 heavy (non-hydrogen) atoms. The predicted molar refractivity (Wildman–Crippen MR) is 73.4 cm³/mol. The van der Waals surface area contributed by atoms with E-state index in [1.165, 1.54) is 13.2 Å². The molecule has 3 nitrogen and oxygen atoms in total. The van der Waals surface area contributed by atoms with Gasteiger partial charge in [0.05, 0.1) is 18.3 Å². The first kappa shape index (κ1) is 14.3. The lowest BCUT2D eigenvalue weighted by Gasteiger charge is -2.32. The number of halogens is 1. The molecule has 0 aliphatic carbocycles. The number of benzene rings is 1. The second-order valence-electron chi connectivity index (χ2n) is 5.90. The second-order valence-corrected chi connectivity index (χ2v) is 5.90. The van der Waals surface area contributed by atoms with E-state index in [9.17, 15) is 4.39 Å². The topological polar surface area (TPSA) is 27.7 Å². The largest absolute Gasteiger partial charge is 0.499 e. The molecule has 0 aromatic heterocycles. The summed E-state index contributed by atoms with van der Waals surface area (Å²) in [6.07, 6.45) is 0. The van der Waals surface area contributed by atoms with Crippen molar-refractivity contribution < 1.29 is 18.4 Å². The van der Waals surface area contributed by atoms with E-state index in [1.54, 1.807) is 6.07 Å². The van der Waals surface area contributed by atoms with Crippen LogP contribution in [-0.2, 0) is 9.31 Å². The van der Waals surface area contributed by atoms with Crippen LogP contribution in [0.5, 0.6) is 5.75 Å². The van der Waals surface area contributed by atoms with Gasteiger partial charge in [-0.05, 0) is 46.2 Å². The molecule has 0 saturated carbocycles. The molecule has 2 rings (SSSR count). The first-order chi connectivity index (χ1) is 8.69. The van der Waals surface area contributed by atoms with Gasteiger partial charge in [0.2, 0.25) is 0 Å². The van der Waals surface area contributed by atoms with Gasteiger partial charge < -0.3 is 14.0 Å². The summed E-state index contributed by atoms with van der Waals surface area (Å²) in [6.45, 7) is 9.76. The van der Waals surface area contributed by atoms with Crippen LogP contribution in [0.1, 0.15) is 33.3 Å². The van der Waals surface area contributed by atoms with E-state index in [0.717, 1.165) is 5.56 Å². The van der Waals surface area contributed by atoms with E-state index in [2.05, 4.69) is 0 Å². The summed E-state index contributed by atoms with van der Waals surface area (Å²) in [5.41, 5.74) is 0.598. The van der Waals surface area contributed by atoms with E-state index in [-0.39, 0.29) is 5.75 Å². The zero-order valence-corrected chi connectivity index (χ0v) is 12.3. The lowest BCUT2D eigenvalue weighted by atomic mass is 9.75. The molecular formula is C14H20BFO3. The third kappa shape index (κ3) is 2.25. The Labute approximate surface area is 114 Å². The number of rotatable bonds is 2. The molecule has 0 atom stereocenters. The summed E-state index contributed by atoms with van der Waals surface area (Å²) in [5.74, 6) is -0.212. The molecule has 1 aliphatic heterocycles. The fraction of sp³-hybridized carbons (Fsp3) is 0.571. The highest BCUT2D eigenvalue weighted by atomic mass is 19.1. The Morgan fingerprint density at radius 3 is 2.11 bits per heavy atom. The summed E-state index contributed by atoms with van der Waals surface area (Å²) >= 11 is 0. The molecule has 5 heteroatoms. The van der Waals surface area contributed by atoms with Crippen LogP contribution in [0.4, 0.5) is 4.39 Å². The summed E-state index contributed by atoms with van der Waals surface area (Å²) in [7, 11) is 0.836. The van der Waals surface area contributed by atoms with Crippen LogP contribution in [0.15, 0.2) is 12.1 Å². The number of ether oxygens (including phenoxy) is 1. The van der Waals surface area contributed by atoms with Crippen molar-refractivity contribution in [3.8, 4) is 5.75 Å². The Bertz CT molecular complexity index is 484. The standard InChI is InChI=1S/C14H20BFO3/c1-9-7-8-10(16)12(17-6)11(9)15-18-13(2,3)14(4,5)19-15/h7-8H,1-6H3. The molecule has 0 bridgehead atoms. The molecular weight excluding hydrogens is 246 g/mol. The lowest BCUT2D eigenvalue weighted by molar-refractivity contribution is 0.00578. The van der Waals surface area contributed by atoms with Crippen molar-refractivity contribution in [1.29, 1.82) is 0 Å². The molecule has 1 aromatic carbocycles. The van der Waals surface area contributed by atoms with Gasteiger partial charge in [0.25, 0.3) is 0 Å². The number of methoxy groups -OCH3 is 1. The first-order valence-electron chi connectivity index (χ1n) is 6.38. The van der Waals surface area contributed by atoms with Crippen LogP contribution < -0.4 is 10.2 Å². The van der Waals surface area contributed by atoms with E-state index in [4.69, 9.17) is 14.0 Å². The molecule has 1 aromatic rings. The first-order valence-corrected chi connectivity index (χ1v) is 6.38. The zero-order valence-electron chi connectivity index (χ0n) is 12.3. The highest BCUT2D eigenvalue weighted by molar-refractivity contribution is 6.63. The minimum Gasteiger partial charge on any atom is -0.494 e. The number of aryl methyl sites for hydroxylation is 1. The molecule has 0 N–H and O–H groups in total. The van der Waals surface area contributed by atoms with Crippen molar-refractivity contribution in [2.75, 3.05) is 7.11 Å². The molecule has 104 valence electrons. The summed E-state index contributed by atoms with van der Waals surface area (Å²) in [5, 5.41) is 0. The van der Waals surface area contributed by atoms with E-state index >= 15 is 0 Å². The number of hydrogen-bond donors (Lipinski definition) is 0. The maximum Gasteiger partial charge on any atom is 0.499 e. The summed E-state index contributed by atoms with van der Waals surface area (Å²) < 4.78 is 30.9. The predicted octanol–water partition coefficient (Wildman–Crippen LogP) is 2.44. The number of hydrogen-bond acceptors (Lipinski definition) is 3. The van der Waals surface area contributed by atoms with Gasteiger partial charge in [-0.15, -0.1) is 0 Å². The van der Waals surface area contributed by atoms with E-state index in [1.807, 2.05) is 34.6 Å². The average Bonchev–Trinajstić information content (AvgIpc) is 2.50. The minimum atomic E-state index is -0.615. The molecule has 0 spiro atoms. The summed E-state index contributed by atoms with van der Waals surface area (Å²) in [6, 6.07) is 3.10. The van der Waals surface area contributed by atoms with Crippen molar-refractivity contribution in [2.45, 2.75) is 45.8 Å². The second kappa shape index (κ2) is 4.49. The van der Waals surface area contributed by atoms with Crippen LogP contribution >= 0.6 is 0 Å². The maximum absolute atomic E-state index is 13.8. The molecule has 1 fully saturated rings. The molecule has 1 aliphatic rings. The fourth-order valence-electron chi connectivity index (χ4n) is 2.13. The van der Waals surface area contributed by atoms with Crippen molar-refractivity contribution in [1.82, 2.24) is 0 Å². The highest BCUT2D eigenvalue weighted by Crippen LogP contribution is 2.37. The van der Waals surface area contributed by atoms with Crippen molar-refractivity contribution in [2.24, 2.45) is 0 Å². The maximum atomic E-state index is 13.8. The SMILES string of the molecule is COc1c(F)ccc(C)c1B1OC(C)(C)C(C)(C)O1. The van der Waals surface area contributed by atoms with Gasteiger partial charge >= 0.3 is 7.12 Å². The Kier molecular flexibility index (Phi) is 3.39. The fourth-order valence-corrected chi connectivity index (χ4v) is 2.13. The molecule has 0 amide bonds. The molecule has 0 unspecified atom stereocenters. The lowest BCUT2D eigenvalue weighted by Crippen LogP contribution is -2.41. The van der Waals surface area contributed by atoms with Gasteiger partial charge in [-0.25, -0.2) is 4.39 Å². The smallest absolute Gasteiger partial charge is 0.494 e. The third-order valence-corrected chi connectivity index (χ3v) is 4.06. The van der Waals surface area contributed by atoms with Crippen molar-refractivity contribution in [3.63, 3.8) is 0 Å². The molecule has 1 heterocycles. The van der Waals surface area contributed by atoms with E-state index < -0.39 is 24.1 Å². The van der Waals surface area contributed by atoms with Crippen LogP contribution in [0.25, 0.3) is 0 Å². The Balaban J connectivity index is 2.48. The van der Waals surface area contributed by atoms with Gasteiger partial charge in [-0.1, -0.05) is 6.07 Å². The normalized spacial score (nSPS) is 20.7. The average molecular weight is 266 g/mol. The Morgan fingerprint density at radius 1 is 1.11 bits per heavy atom. The van der Waals surface area contributed by atoms with Gasteiger partial charge in [0.1, 0.15) is 0 Å². The molecule has 1 saturated heterocycles. The third-order valence-electron chi connectivity index (χ3n) is 4.06. The quantitative estimate of drug-likeness (QED) is 0.769. The highest BCUT2D eigenvalue weighted by Gasteiger charge is 2.53. The van der Waals surface area contributed by atoms with Crippen molar-refractivity contribution in [3.05, 3.63) is 23.5 Å². The van der Waals surface area contributed by atoms with Gasteiger partial charge in [-0.2, -0.15) is 0 Å². The minimum absolute atomic E-state index is 0.193. The van der Waals surface area contributed by atoms with Gasteiger partial charge in [0, 0.05) is 5.46 Å². The Morgan fingerprint density at radius 2 is 1.63 bits per heavy atom. The molecule has 0 radical (unpaired) electrons. The van der Waals surface area contributed by atoms with Crippen molar-refractivity contribution >= 4 is 12.6 Å². The van der Waals surface area contributed by atoms with Crippen LogP contribution in [0.3, 0.4) is 0 Å². The van der Waals surface area contributed by atoms with Crippen LogP contribution in [0.2, 0.25) is 0 Å². The van der Waals surface area contributed by atoms with Crippen LogP contribution in [-0.4, -0.2) is 25.4 Å². The Hall–Kier alpha value is -1.07.